The van der Waals surface area contributed by atoms with Gasteiger partial charge in [-0.25, -0.2) is 4.98 Å². The average molecular weight is 380 g/mol. The molecule has 1 N–H and O–H groups in total. The molecule has 9 nitrogen and oxygen atoms in total. The van der Waals surface area contributed by atoms with E-state index in [1.165, 1.54) is 12.1 Å². The van der Waals surface area contributed by atoms with Crippen molar-refractivity contribution in [3.8, 4) is 0 Å². The quantitative estimate of drug-likeness (QED) is 0.322. The Morgan fingerprint density at radius 1 is 1.25 bits per heavy atom. The number of benzene rings is 2. The summed E-state index contributed by atoms with van der Waals surface area (Å²) >= 11 is 0. The van der Waals surface area contributed by atoms with Crippen LogP contribution in [0.4, 0.5) is 11.6 Å². The van der Waals surface area contributed by atoms with Gasteiger partial charge in [0.15, 0.2) is 5.92 Å². The Balaban J connectivity index is 1.92. The number of nitrogens with one attached hydrogen (secondary N) is 1. The normalized spacial score (nSPS) is 18.4. The van der Waals surface area contributed by atoms with E-state index in [2.05, 4.69) is 10.3 Å². The Hall–Kier alpha value is -3.75. The van der Waals surface area contributed by atoms with Crippen LogP contribution in [0.2, 0.25) is 0 Å². The molecule has 4 rings (SSSR count). The van der Waals surface area contributed by atoms with E-state index in [4.69, 9.17) is 4.74 Å². The molecule has 0 fully saturated rings. The molecule has 2 heterocycles. The topological polar surface area (TPSA) is 116 Å². The second kappa shape index (κ2) is 6.76. The van der Waals surface area contributed by atoms with Crippen LogP contribution in [0.25, 0.3) is 11.0 Å². The summed E-state index contributed by atoms with van der Waals surface area (Å²) in [7, 11) is 0. The molecule has 142 valence electrons. The molecule has 1 aliphatic heterocycles. The number of rotatable bonds is 4. The van der Waals surface area contributed by atoms with Gasteiger partial charge in [-0.05, 0) is 24.6 Å². The van der Waals surface area contributed by atoms with Crippen LogP contribution in [0.15, 0.2) is 48.5 Å². The van der Waals surface area contributed by atoms with Crippen molar-refractivity contribution in [1.29, 1.82) is 0 Å². The van der Waals surface area contributed by atoms with Gasteiger partial charge in [0.05, 0.1) is 28.6 Å². The van der Waals surface area contributed by atoms with Crippen molar-refractivity contribution in [1.82, 2.24) is 9.55 Å². The van der Waals surface area contributed by atoms with Crippen LogP contribution in [0.3, 0.4) is 0 Å². The summed E-state index contributed by atoms with van der Waals surface area (Å²) < 4.78 is 6.89. The van der Waals surface area contributed by atoms with Gasteiger partial charge in [0.2, 0.25) is 11.9 Å². The fraction of sp³-hybridized carbons (Fsp3) is 0.211. The first-order valence-corrected chi connectivity index (χ1v) is 8.70. The Kier molecular flexibility index (Phi) is 4.26. The average Bonchev–Trinajstić information content (AvgIpc) is 3.05. The monoisotopic (exact) mass is 380 g/mol. The van der Waals surface area contributed by atoms with Gasteiger partial charge in [-0.3, -0.25) is 25.0 Å². The third kappa shape index (κ3) is 2.77. The second-order valence-electron chi connectivity index (χ2n) is 6.31. The number of non-ortho nitro benzene ring substituents is 1. The first kappa shape index (κ1) is 17.7. The third-order valence-electron chi connectivity index (χ3n) is 4.69. The lowest BCUT2D eigenvalue weighted by molar-refractivity contribution is -0.384. The van der Waals surface area contributed by atoms with Crippen molar-refractivity contribution >= 4 is 34.5 Å². The lowest BCUT2D eigenvalue weighted by Crippen LogP contribution is -2.43. The number of fused-ring (bicyclic) bond motifs is 3. The lowest BCUT2D eigenvalue weighted by Gasteiger charge is -2.32. The molecule has 0 bridgehead atoms. The SMILES string of the molecule is CCOC(=O)[C@H]1C(=O)Nc2nc3ccccc3n2[C@H]1c1ccc([N+](=O)[O-])cc1. The minimum Gasteiger partial charge on any atom is -0.465 e. The maximum absolute atomic E-state index is 12.7. The zero-order chi connectivity index (χ0) is 19.8. The predicted molar refractivity (Wildman–Crippen MR) is 99.7 cm³/mol. The number of amides is 1. The van der Waals surface area contributed by atoms with Gasteiger partial charge in [-0.2, -0.15) is 0 Å². The van der Waals surface area contributed by atoms with Crippen LogP contribution in [0, 0.1) is 16.0 Å². The largest absolute Gasteiger partial charge is 0.465 e. The standard InChI is InChI=1S/C19H16N4O5/c1-2-28-18(25)15-16(11-7-9-12(10-8-11)23(26)27)22-14-6-4-3-5-13(14)20-19(22)21-17(15)24/h3-10,15-16H,2H2,1H3,(H,20,21,24)/t15-,16+/m1/s1. The molecule has 0 radical (unpaired) electrons. The van der Waals surface area contributed by atoms with Crippen molar-refractivity contribution < 1.29 is 19.2 Å². The molecule has 0 saturated heterocycles. The van der Waals surface area contributed by atoms with E-state index in [1.807, 2.05) is 18.2 Å². The number of nitro benzene ring substituents is 1. The number of carbonyl (C=O) groups is 2. The minimum absolute atomic E-state index is 0.0765. The van der Waals surface area contributed by atoms with Gasteiger partial charge in [-0.15, -0.1) is 0 Å². The number of imidazole rings is 1. The van der Waals surface area contributed by atoms with Crippen molar-refractivity contribution in [2.24, 2.45) is 5.92 Å². The molecular weight excluding hydrogens is 364 g/mol. The van der Waals surface area contributed by atoms with Crippen LogP contribution >= 0.6 is 0 Å². The highest BCUT2D eigenvalue weighted by Crippen LogP contribution is 2.38. The molecule has 0 saturated carbocycles. The highest BCUT2D eigenvalue weighted by atomic mass is 16.6. The van der Waals surface area contributed by atoms with Crippen LogP contribution in [0.1, 0.15) is 18.5 Å². The molecule has 1 aromatic heterocycles. The molecule has 1 aliphatic rings. The molecule has 3 aromatic rings. The van der Waals surface area contributed by atoms with E-state index >= 15 is 0 Å². The van der Waals surface area contributed by atoms with Gasteiger partial charge in [0, 0.05) is 12.1 Å². The number of esters is 1. The lowest BCUT2D eigenvalue weighted by atomic mass is 9.90. The van der Waals surface area contributed by atoms with Gasteiger partial charge in [0.1, 0.15) is 0 Å². The van der Waals surface area contributed by atoms with Crippen LogP contribution in [0.5, 0.6) is 0 Å². The van der Waals surface area contributed by atoms with Crippen molar-refractivity contribution in [2.75, 3.05) is 11.9 Å². The molecule has 0 aliphatic carbocycles. The van der Waals surface area contributed by atoms with E-state index in [0.29, 0.717) is 17.0 Å². The Labute approximate surface area is 159 Å². The smallest absolute Gasteiger partial charge is 0.321 e. The van der Waals surface area contributed by atoms with Gasteiger partial charge in [0.25, 0.3) is 5.69 Å². The molecule has 1 amide bonds. The fourth-order valence-corrected chi connectivity index (χ4v) is 3.50. The van der Waals surface area contributed by atoms with Gasteiger partial charge < -0.3 is 9.30 Å². The summed E-state index contributed by atoms with van der Waals surface area (Å²) in [5, 5.41) is 13.7. The first-order valence-electron chi connectivity index (χ1n) is 8.70. The summed E-state index contributed by atoms with van der Waals surface area (Å²) in [6.45, 7) is 1.80. The first-order chi connectivity index (χ1) is 13.5. The van der Waals surface area contributed by atoms with Crippen LogP contribution in [-0.4, -0.2) is 33.0 Å². The number of ether oxygens (including phenoxy) is 1. The second-order valence-corrected chi connectivity index (χ2v) is 6.31. The number of hydrogen-bond acceptors (Lipinski definition) is 6. The van der Waals surface area contributed by atoms with Crippen LogP contribution < -0.4 is 5.32 Å². The molecule has 0 unspecified atom stereocenters. The molecule has 9 heteroatoms. The number of anilines is 1. The summed E-state index contributed by atoms with van der Waals surface area (Å²) in [6.07, 6.45) is 0. The number of para-hydroxylation sites is 2. The van der Waals surface area contributed by atoms with E-state index < -0.39 is 28.8 Å². The summed E-state index contributed by atoms with van der Waals surface area (Å²) in [5.74, 6) is -2.02. The summed E-state index contributed by atoms with van der Waals surface area (Å²) in [4.78, 5) is 40.3. The number of carbonyl (C=O) groups excluding carboxylic acids is 2. The maximum Gasteiger partial charge on any atom is 0.321 e. The molecule has 2 aromatic carbocycles. The zero-order valence-electron chi connectivity index (χ0n) is 14.9. The molecular formula is C19H16N4O5. The molecule has 0 spiro atoms. The van der Waals surface area contributed by atoms with E-state index in [9.17, 15) is 19.7 Å². The number of nitrogens with zero attached hydrogens (tertiary/aromatic N) is 3. The van der Waals surface area contributed by atoms with E-state index in [0.717, 1.165) is 5.52 Å². The predicted octanol–water partition coefficient (Wildman–Crippen LogP) is 2.67. The minimum atomic E-state index is -1.15. The zero-order valence-corrected chi connectivity index (χ0v) is 14.9. The fourth-order valence-electron chi connectivity index (χ4n) is 3.50. The highest BCUT2D eigenvalue weighted by Gasteiger charge is 2.44. The molecule has 2 atom stereocenters. The number of hydrogen-bond donors (Lipinski definition) is 1. The number of nitro groups is 1. The Bertz CT molecular complexity index is 1090. The van der Waals surface area contributed by atoms with E-state index in [-0.39, 0.29) is 12.3 Å². The summed E-state index contributed by atoms with van der Waals surface area (Å²) in [6, 6.07) is 12.4. The van der Waals surface area contributed by atoms with Crippen LogP contribution in [-0.2, 0) is 14.3 Å². The molecule has 28 heavy (non-hydrogen) atoms. The van der Waals surface area contributed by atoms with Gasteiger partial charge in [-0.1, -0.05) is 24.3 Å². The van der Waals surface area contributed by atoms with Crippen molar-refractivity contribution in [3.63, 3.8) is 0 Å². The van der Waals surface area contributed by atoms with Crippen molar-refractivity contribution in [2.45, 2.75) is 13.0 Å². The summed E-state index contributed by atoms with van der Waals surface area (Å²) in [5.41, 5.74) is 1.89. The third-order valence-corrected chi connectivity index (χ3v) is 4.69. The Morgan fingerprint density at radius 3 is 2.64 bits per heavy atom. The Morgan fingerprint density at radius 2 is 1.96 bits per heavy atom. The van der Waals surface area contributed by atoms with E-state index in [1.54, 1.807) is 29.7 Å². The van der Waals surface area contributed by atoms with Gasteiger partial charge >= 0.3 is 5.97 Å². The van der Waals surface area contributed by atoms with Crippen molar-refractivity contribution in [3.05, 3.63) is 64.2 Å². The highest BCUT2D eigenvalue weighted by molar-refractivity contribution is 6.07. The maximum atomic E-state index is 12.7. The number of aromatic nitrogens is 2.